The van der Waals surface area contributed by atoms with Gasteiger partial charge in [-0.15, -0.1) is 0 Å². The van der Waals surface area contributed by atoms with E-state index in [1.165, 1.54) is 0 Å². The van der Waals surface area contributed by atoms with E-state index in [2.05, 4.69) is 10.6 Å². The molecule has 0 heterocycles. The predicted octanol–water partition coefficient (Wildman–Crippen LogP) is 7.02. The van der Waals surface area contributed by atoms with E-state index in [9.17, 15) is 4.79 Å². The van der Waals surface area contributed by atoms with Gasteiger partial charge in [0.1, 0.15) is 5.75 Å². The van der Waals surface area contributed by atoms with Crippen LogP contribution in [0.5, 0.6) is 5.75 Å². The summed E-state index contributed by atoms with van der Waals surface area (Å²) in [5.41, 5.74) is 2.11. The number of carbonyl (C=O) groups excluding carboxylic acids is 1. The zero-order valence-electron chi connectivity index (χ0n) is 17.6. The van der Waals surface area contributed by atoms with Gasteiger partial charge in [-0.2, -0.15) is 0 Å². The van der Waals surface area contributed by atoms with E-state index in [1.807, 2.05) is 84.9 Å². The van der Waals surface area contributed by atoms with Gasteiger partial charge in [-0.3, -0.25) is 4.79 Å². The molecule has 0 spiro atoms. The van der Waals surface area contributed by atoms with Crippen molar-refractivity contribution in [1.29, 1.82) is 0 Å². The van der Waals surface area contributed by atoms with Crippen molar-refractivity contribution >= 4 is 56.2 Å². The first kappa shape index (κ1) is 20.7. The third-order valence-corrected chi connectivity index (χ3v) is 5.56. The molecule has 160 valence electrons. The molecule has 5 rings (SSSR count). The first-order valence-electron chi connectivity index (χ1n) is 10.5. The topological polar surface area (TPSA) is 50.4 Å². The summed E-state index contributed by atoms with van der Waals surface area (Å²) in [5, 5.41) is 10.6. The molecule has 0 atom stereocenters. The fourth-order valence-electron chi connectivity index (χ4n) is 3.81. The second-order valence-electron chi connectivity index (χ2n) is 7.55. The summed E-state index contributed by atoms with van der Waals surface area (Å²) in [6.07, 6.45) is 0. The van der Waals surface area contributed by atoms with Gasteiger partial charge in [-0.1, -0.05) is 78.9 Å². The van der Waals surface area contributed by atoms with Gasteiger partial charge in [-0.25, -0.2) is 0 Å². The Bertz CT molecular complexity index is 1490. The summed E-state index contributed by atoms with van der Waals surface area (Å²) in [6.45, 7) is 0. The van der Waals surface area contributed by atoms with Gasteiger partial charge in [0.25, 0.3) is 11.1 Å². The van der Waals surface area contributed by atoms with Crippen LogP contribution in [0.15, 0.2) is 109 Å². The summed E-state index contributed by atoms with van der Waals surface area (Å²) in [7, 11) is 0. The van der Waals surface area contributed by atoms with Crippen LogP contribution in [0.2, 0.25) is 0 Å². The Morgan fingerprint density at radius 3 is 1.85 bits per heavy atom. The van der Waals surface area contributed by atoms with Gasteiger partial charge < -0.3 is 15.4 Å². The number of benzene rings is 5. The van der Waals surface area contributed by atoms with Crippen molar-refractivity contribution in [3.05, 3.63) is 115 Å². The van der Waals surface area contributed by atoms with Gasteiger partial charge in [0.15, 0.2) is 0 Å². The van der Waals surface area contributed by atoms with Gasteiger partial charge >= 0.3 is 0 Å². The van der Waals surface area contributed by atoms with Crippen LogP contribution in [-0.4, -0.2) is 11.1 Å². The number of carbonyl (C=O) groups is 1. The minimum atomic E-state index is -0.218. The Balaban J connectivity index is 1.31. The third-order valence-electron chi connectivity index (χ3n) is 5.37. The van der Waals surface area contributed by atoms with E-state index in [4.69, 9.17) is 17.0 Å². The van der Waals surface area contributed by atoms with Gasteiger partial charge in [0, 0.05) is 27.7 Å². The SMILES string of the molecule is O=C(Nc1cccc2ccccc12)c1cccc(OC(=S)Nc2cccc3ccccc23)c1. The second-order valence-corrected chi connectivity index (χ2v) is 7.92. The van der Waals surface area contributed by atoms with E-state index in [-0.39, 0.29) is 11.1 Å². The molecule has 0 radical (unpaired) electrons. The molecule has 0 aliphatic carbocycles. The van der Waals surface area contributed by atoms with Crippen LogP contribution in [0, 0.1) is 0 Å². The number of fused-ring (bicyclic) bond motifs is 2. The largest absolute Gasteiger partial charge is 0.432 e. The summed E-state index contributed by atoms with van der Waals surface area (Å²) in [5.74, 6) is 0.267. The van der Waals surface area contributed by atoms with Crippen LogP contribution >= 0.6 is 12.2 Å². The van der Waals surface area contributed by atoms with Crippen LogP contribution < -0.4 is 15.4 Å². The fourth-order valence-corrected chi connectivity index (χ4v) is 4.01. The van der Waals surface area contributed by atoms with Gasteiger partial charge in [0.2, 0.25) is 0 Å². The molecule has 0 aliphatic heterocycles. The van der Waals surface area contributed by atoms with Crippen LogP contribution in [0.1, 0.15) is 10.4 Å². The fraction of sp³-hybridized carbons (Fsp3) is 0. The van der Waals surface area contributed by atoms with E-state index >= 15 is 0 Å². The van der Waals surface area contributed by atoms with Gasteiger partial charge in [-0.05, 0) is 53.3 Å². The lowest BCUT2D eigenvalue weighted by atomic mass is 10.1. The normalized spacial score (nSPS) is 10.7. The van der Waals surface area contributed by atoms with Crippen molar-refractivity contribution in [3.63, 3.8) is 0 Å². The highest BCUT2D eigenvalue weighted by Crippen LogP contribution is 2.25. The molecular formula is C28H20N2O2S. The Morgan fingerprint density at radius 2 is 1.18 bits per heavy atom. The number of nitrogens with one attached hydrogen (secondary N) is 2. The van der Waals surface area contributed by atoms with Crippen molar-refractivity contribution < 1.29 is 9.53 Å². The quantitative estimate of drug-likeness (QED) is 0.290. The lowest BCUT2D eigenvalue weighted by Crippen LogP contribution is -2.17. The Morgan fingerprint density at radius 1 is 0.636 bits per heavy atom. The second kappa shape index (κ2) is 9.10. The summed E-state index contributed by atoms with van der Waals surface area (Å²) in [4.78, 5) is 12.9. The van der Waals surface area contributed by atoms with Crippen LogP contribution in [-0.2, 0) is 0 Å². The molecular weight excluding hydrogens is 428 g/mol. The molecule has 0 fully saturated rings. The smallest absolute Gasteiger partial charge is 0.266 e. The maximum atomic E-state index is 12.9. The molecule has 0 bridgehead atoms. The summed E-state index contributed by atoms with van der Waals surface area (Å²) >= 11 is 5.41. The summed E-state index contributed by atoms with van der Waals surface area (Å²) < 4.78 is 5.82. The molecule has 33 heavy (non-hydrogen) atoms. The molecule has 0 saturated carbocycles. The van der Waals surface area contributed by atoms with Crippen molar-refractivity contribution in [2.45, 2.75) is 0 Å². The highest BCUT2D eigenvalue weighted by atomic mass is 32.1. The Labute approximate surface area is 196 Å². The Hall–Kier alpha value is -4.22. The first-order valence-corrected chi connectivity index (χ1v) is 10.9. The molecule has 0 saturated heterocycles. The first-order chi connectivity index (χ1) is 16.2. The maximum absolute atomic E-state index is 12.9. The van der Waals surface area contributed by atoms with Crippen molar-refractivity contribution in [2.24, 2.45) is 0 Å². The van der Waals surface area contributed by atoms with Crippen molar-refractivity contribution in [1.82, 2.24) is 0 Å². The number of rotatable bonds is 4. The minimum Gasteiger partial charge on any atom is -0.432 e. The highest BCUT2D eigenvalue weighted by molar-refractivity contribution is 7.80. The Kier molecular flexibility index (Phi) is 5.70. The monoisotopic (exact) mass is 448 g/mol. The lowest BCUT2D eigenvalue weighted by molar-refractivity contribution is 0.102. The molecule has 0 aliphatic rings. The number of anilines is 2. The lowest BCUT2D eigenvalue weighted by Gasteiger charge is -2.13. The number of hydrogen-bond acceptors (Lipinski definition) is 3. The minimum absolute atomic E-state index is 0.206. The maximum Gasteiger partial charge on any atom is 0.266 e. The number of hydrogen-bond donors (Lipinski definition) is 2. The molecule has 0 unspecified atom stereocenters. The molecule has 4 nitrogen and oxygen atoms in total. The van der Waals surface area contributed by atoms with Crippen LogP contribution in [0.4, 0.5) is 11.4 Å². The number of thiocarbonyl (C=S) groups is 1. The van der Waals surface area contributed by atoms with E-state index in [1.54, 1.807) is 24.3 Å². The number of amides is 1. The van der Waals surface area contributed by atoms with Crippen LogP contribution in [0.3, 0.4) is 0 Å². The standard InChI is InChI=1S/C28H20N2O2S/c31-27(29-25-16-6-10-19-8-1-3-14-23(19)25)21-12-5-13-22(18-21)32-28(33)30-26-17-7-11-20-9-2-4-15-24(20)26/h1-18H,(H,29,31)(H,30,33). The summed E-state index contributed by atoms with van der Waals surface area (Å²) in [6, 6.07) is 34.7. The van der Waals surface area contributed by atoms with Gasteiger partial charge in [0.05, 0.1) is 0 Å². The molecule has 2 N–H and O–H groups in total. The molecule has 5 heteroatoms. The third kappa shape index (κ3) is 4.54. The zero-order chi connectivity index (χ0) is 22.6. The number of ether oxygens (including phenoxy) is 1. The van der Waals surface area contributed by atoms with E-state index < -0.39 is 0 Å². The molecule has 0 aromatic heterocycles. The zero-order valence-corrected chi connectivity index (χ0v) is 18.4. The predicted molar refractivity (Wildman–Crippen MR) is 139 cm³/mol. The van der Waals surface area contributed by atoms with E-state index in [0.29, 0.717) is 11.3 Å². The van der Waals surface area contributed by atoms with E-state index in [0.717, 1.165) is 32.9 Å². The molecule has 1 amide bonds. The van der Waals surface area contributed by atoms with Crippen molar-refractivity contribution in [2.75, 3.05) is 10.6 Å². The van der Waals surface area contributed by atoms with Crippen LogP contribution in [0.25, 0.3) is 21.5 Å². The average Bonchev–Trinajstić information content (AvgIpc) is 2.84. The van der Waals surface area contributed by atoms with Crippen molar-refractivity contribution in [3.8, 4) is 5.75 Å². The molecule has 5 aromatic rings. The molecule has 5 aromatic carbocycles. The highest BCUT2D eigenvalue weighted by Gasteiger charge is 2.11. The average molecular weight is 449 g/mol.